The maximum atomic E-state index is 13.3. The molecule has 1 atom stereocenters. The number of hydrogen-bond donors (Lipinski definition) is 0. The fourth-order valence-electron chi connectivity index (χ4n) is 3.92. The van der Waals surface area contributed by atoms with Crippen molar-refractivity contribution >= 4 is 11.8 Å². The van der Waals surface area contributed by atoms with Crippen molar-refractivity contribution in [2.24, 2.45) is 5.92 Å². The molecule has 3 rings (SSSR count). The van der Waals surface area contributed by atoms with Gasteiger partial charge in [-0.05, 0) is 55.7 Å². The van der Waals surface area contributed by atoms with Gasteiger partial charge in [-0.15, -0.1) is 0 Å². The number of nitrogens with zero attached hydrogens (tertiary/aromatic N) is 2. The van der Waals surface area contributed by atoms with Gasteiger partial charge in [0.05, 0.1) is 0 Å². The van der Waals surface area contributed by atoms with Gasteiger partial charge in [0, 0.05) is 39.0 Å². The highest BCUT2D eigenvalue weighted by atomic mass is 19.2. The average Bonchev–Trinajstić information content (AvgIpc) is 3.06. The van der Waals surface area contributed by atoms with Crippen LogP contribution in [0.15, 0.2) is 18.2 Å². The predicted octanol–water partition coefficient (Wildman–Crippen LogP) is 3.15. The Bertz CT molecular complexity index is 665. The lowest BCUT2D eigenvalue weighted by Crippen LogP contribution is -2.41. The molecular formula is C20H26F2N2O2. The molecule has 1 aromatic carbocycles. The van der Waals surface area contributed by atoms with Gasteiger partial charge in [0.15, 0.2) is 11.6 Å². The highest BCUT2D eigenvalue weighted by Crippen LogP contribution is 2.23. The van der Waals surface area contributed by atoms with E-state index in [1.165, 1.54) is 12.1 Å². The van der Waals surface area contributed by atoms with Crippen LogP contribution in [0, 0.1) is 17.6 Å². The molecule has 1 aromatic rings. The number of likely N-dealkylation sites (tertiary alicyclic amines) is 2. The summed E-state index contributed by atoms with van der Waals surface area (Å²) < 4.78 is 26.3. The van der Waals surface area contributed by atoms with Crippen LogP contribution in [0.1, 0.15) is 44.1 Å². The van der Waals surface area contributed by atoms with Crippen molar-refractivity contribution in [1.29, 1.82) is 0 Å². The molecule has 142 valence electrons. The summed E-state index contributed by atoms with van der Waals surface area (Å²) >= 11 is 0. The van der Waals surface area contributed by atoms with E-state index in [-0.39, 0.29) is 11.8 Å². The Labute approximate surface area is 153 Å². The second-order valence-corrected chi connectivity index (χ2v) is 7.37. The third kappa shape index (κ3) is 4.80. The first kappa shape index (κ1) is 18.8. The molecule has 4 nitrogen and oxygen atoms in total. The Morgan fingerprint density at radius 1 is 1.15 bits per heavy atom. The minimum Gasteiger partial charge on any atom is -0.342 e. The van der Waals surface area contributed by atoms with Crippen molar-refractivity contribution in [2.75, 3.05) is 26.2 Å². The van der Waals surface area contributed by atoms with Crippen molar-refractivity contribution in [3.63, 3.8) is 0 Å². The normalized spacial score (nSPS) is 20.7. The van der Waals surface area contributed by atoms with Gasteiger partial charge in [0.1, 0.15) is 0 Å². The number of halogens is 2. The Morgan fingerprint density at radius 3 is 2.73 bits per heavy atom. The van der Waals surface area contributed by atoms with E-state index in [0.717, 1.165) is 50.9 Å². The van der Waals surface area contributed by atoms with E-state index in [4.69, 9.17) is 0 Å². The minimum absolute atomic E-state index is 0.113. The van der Waals surface area contributed by atoms with Crippen molar-refractivity contribution in [2.45, 2.75) is 44.9 Å². The molecule has 2 amide bonds. The molecule has 0 saturated carbocycles. The molecule has 2 heterocycles. The third-order valence-electron chi connectivity index (χ3n) is 5.46. The maximum absolute atomic E-state index is 13.3. The molecule has 0 aromatic heterocycles. The number of benzene rings is 1. The smallest absolute Gasteiger partial charge is 0.224 e. The zero-order valence-electron chi connectivity index (χ0n) is 15.1. The highest BCUT2D eigenvalue weighted by molar-refractivity contribution is 5.80. The maximum Gasteiger partial charge on any atom is 0.224 e. The van der Waals surface area contributed by atoms with Crippen LogP contribution in [0.4, 0.5) is 8.78 Å². The topological polar surface area (TPSA) is 40.6 Å². The second-order valence-electron chi connectivity index (χ2n) is 7.37. The van der Waals surface area contributed by atoms with E-state index in [9.17, 15) is 18.4 Å². The van der Waals surface area contributed by atoms with Crippen LogP contribution < -0.4 is 0 Å². The summed E-state index contributed by atoms with van der Waals surface area (Å²) in [6.07, 6.45) is 5.45. The van der Waals surface area contributed by atoms with Gasteiger partial charge < -0.3 is 9.80 Å². The Kier molecular flexibility index (Phi) is 6.22. The number of carbonyl (C=O) groups excluding carboxylic acids is 2. The number of piperidine rings is 1. The summed E-state index contributed by atoms with van der Waals surface area (Å²) in [5.74, 6) is -0.976. The monoisotopic (exact) mass is 364 g/mol. The summed E-state index contributed by atoms with van der Waals surface area (Å²) in [6.45, 7) is 2.78. The number of rotatable bonds is 6. The summed E-state index contributed by atoms with van der Waals surface area (Å²) in [5, 5.41) is 0. The van der Waals surface area contributed by atoms with Crippen LogP contribution in [0.5, 0.6) is 0 Å². The van der Waals surface area contributed by atoms with Crippen molar-refractivity contribution in [3.8, 4) is 0 Å². The standard InChI is InChI=1S/C20H26F2N2O2/c21-17-8-7-15(13-18(17)22)5-6-16-3-1-11-24(14-16)20(26)9-12-23-10-2-4-19(23)25/h7-8,13,16H,1-6,9-12,14H2/t16-/m0/s1. The van der Waals surface area contributed by atoms with E-state index >= 15 is 0 Å². The van der Waals surface area contributed by atoms with Gasteiger partial charge in [0.2, 0.25) is 11.8 Å². The van der Waals surface area contributed by atoms with Crippen molar-refractivity contribution < 1.29 is 18.4 Å². The SMILES string of the molecule is O=C1CCCN1CCC(=O)N1CCC[C@@H](CCc2ccc(F)c(F)c2)C1. The quantitative estimate of drug-likeness (QED) is 0.778. The largest absolute Gasteiger partial charge is 0.342 e. The van der Waals surface area contributed by atoms with Gasteiger partial charge >= 0.3 is 0 Å². The van der Waals surface area contributed by atoms with E-state index in [2.05, 4.69) is 0 Å². The first-order valence-corrected chi connectivity index (χ1v) is 9.52. The third-order valence-corrected chi connectivity index (χ3v) is 5.46. The fraction of sp³-hybridized carbons (Fsp3) is 0.600. The second kappa shape index (κ2) is 8.60. The molecule has 2 saturated heterocycles. The fourth-order valence-corrected chi connectivity index (χ4v) is 3.92. The molecule has 0 radical (unpaired) electrons. The van der Waals surface area contributed by atoms with Crippen LogP contribution in [0.3, 0.4) is 0 Å². The zero-order chi connectivity index (χ0) is 18.5. The van der Waals surface area contributed by atoms with E-state index in [1.54, 1.807) is 11.0 Å². The van der Waals surface area contributed by atoms with Gasteiger partial charge in [-0.3, -0.25) is 9.59 Å². The Hall–Kier alpha value is -1.98. The van der Waals surface area contributed by atoms with Gasteiger partial charge in [-0.1, -0.05) is 6.07 Å². The predicted molar refractivity (Wildman–Crippen MR) is 94.4 cm³/mol. The number of hydrogen-bond acceptors (Lipinski definition) is 2. The highest BCUT2D eigenvalue weighted by Gasteiger charge is 2.25. The van der Waals surface area contributed by atoms with Crippen LogP contribution in [0.25, 0.3) is 0 Å². The molecule has 2 fully saturated rings. The number of aryl methyl sites for hydroxylation is 1. The van der Waals surface area contributed by atoms with Crippen molar-refractivity contribution in [1.82, 2.24) is 9.80 Å². The molecule has 0 spiro atoms. The summed E-state index contributed by atoms with van der Waals surface area (Å²) in [5.41, 5.74) is 0.792. The molecule has 0 unspecified atom stereocenters. The molecule has 0 aliphatic carbocycles. The first-order chi connectivity index (χ1) is 12.5. The Balaban J connectivity index is 1.45. The van der Waals surface area contributed by atoms with Crippen LogP contribution in [0.2, 0.25) is 0 Å². The zero-order valence-corrected chi connectivity index (χ0v) is 15.1. The molecule has 26 heavy (non-hydrogen) atoms. The molecule has 0 bridgehead atoms. The lowest BCUT2D eigenvalue weighted by Gasteiger charge is -2.33. The van der Waals surface area contributed by atoms with Crippen LogP contribution >= 0.6 is 0 Å². The molecule has 2 aliphatic rings. The van der Waals surface area contributed by atoms with Gasteiger partial charge in [0.25, 0.3) is 0 Å². The molecule has 0 N–H and O–H groups in total. The number of carbonyl (C=O) groups is 2. The van der Waals surface area contributed by atoms with Crippen LogP contribution in [-0.2, 0) is 16.0 Å². The number of amides is 2. The van der Waals surface area contributed by atoms with E-state index in [0.29, 0.717) is 31.7 Å². The first-order valence-electron chi connectivity index (χ1n) is 9.52. The average molecular weight is 364 g/mol. The van der Waals surface area contributed by atoms with Crippen molar-refractivity contribution in [3.05, 3.63) is 35.4 Å². The van der Waals surface area contributed by atoms with E-state index < -0.39 is 11.6 Å². The lowest BCUT2D eigenvalue weighted by molar-refractivity contribution is -0.134. The summed E-state index contributed by atoms with van der Waals surface area (Å²) in [7, 11) is 0. The molecule has 6 heteroatoms. The minimum atomic E-state index is -0.820. The lowest BCUT2D eigenvalue weighted by atomic mass is 9.91. The van der Waals surface area contributed by atoms with Gasteiger partial charge in [-0.2, -0.15) is 0 Å². The summed E-state index contributed by atoms with van der Waals surface area (Å²) in [6, 6.07) is 4.05. The van der Waals surface area contributed by atoms with Gasteiger partial charge in [-0.25, -0.2) is 8.78 Å². The summed E-state index contributed by atoms with van der Waals surface area (Å²) in [4.78, 5) is 27.8. The Morgan fingerprint density at radius 2 is 2.00 bits per heavy atom. The van der Waals surface area contributed by atoms with E-state index in [1.807, 2.05) is 4.90 Å². The molecular weight excluding hydrogens is 338 g/mol. The molecule has 2 aliphatic heterocycles. The van der Waals surface area contributed by atoms with Crippen LogP contribution in [-0.4, -0.2) is 47.8 Å².